The summed E-state index contributed by atoms with van der Waals surface area (Å²) in [5.74, 6) is 1.27. The smallest absolute Gasteiger partial charge is 0.379 e. The molecule has 2 heterocycles. The van der Waals surface area contributed by atoms with Gasteiger partial charge in [-0.15, -0.1) is 24.0 Å². The summed E-state index contributed by atoms with van der Waals surface area (Å²) in [6, 6.07) is 0. The number of halogens is 4. The monoisotopic (exact) mass is 536 g/mol. The molecule has 0 aliphatic carbocycles. The second-order valence-corrected chi connectivity index (χ2v) is 7.52. The zero-order valence-corrected chi connectivity index (χ0v) is 19.6. The van der Waals surface area contributed by atoms with Crippen molar-refractivity contribution in [2.45, 2.75) is 51.3 Å². The molecule has 0 bridgehead atoms. The molecule has 0 aromatic rings. The first kappa shape index (κ1) is 26.7. The molecule has 2 aliphatic rings. The van der Waals surface area contributed by atoms with E-state index in [2.05, 4.69) is 15.6 Å². The van der Waals surface area contributed by atoms with Crippen molar-refractivity contribution >= 4 is 29.9 Å². The minimum absolute atomic E-state index is 0. The highest BCUT2D eigenvalue weighted by Crippen LogP contribution is 2.23. The van der Waals surface area contributed by atoms with Gasteiger partial charge in [0, 0.05) is 32.8 Å². The molecule has 1 unspecified atom stereocenters. The molecule has 2 N–H and O–H groups in total. The maximum Gasteiger partial charge on any atom is 0.401 e. The van der Waals surface area contributed by atoms with Crippen LogP contribution in [0.2, 0.25) is 0 Å². The Balaban J connectivity index is 0.00000420. The molecule has 0 radical (unpaired) electrons. The Bertz CT molecular complexity index is 455. The topological polar surface area (TPSA) is 58.1 Å². The van der Waals surface area contributed by atoms with Gasteiger partial charge in [0.25, 0.3) is 0 Å². The van der Waals surface area contributed by atoms with Gasteiger partial charge >= 0.3 is 6.18 Å². The van der Waals surface area contributed by atoms with E-state index in [9.17, 15) is 13.2 Å². The lowest BCUT2D eigenvalue weighted by Gasteiger charge is -2.32. The molecule has 2 rings (SSSR count). The predicted octanol–water partition coefficient (Wildman–Crippen LogP) is 3.02. The Morgan fingerprint density at radius 3 is 2.59 bits per heavy atom. The average Bonchev–Trinajstić information content (AvgIpc) is 3.15. The van der Waals surface area contributed by atoms with Crippen LogP contribution < -0.4 is 10.6 Å². The number of hydrogen-bond acceptors (Lipinski definition) is 4. The van der Waals surface area contributed by atoms with Crippen molar-refractivity contribution in [1.82, 2.24) is 15.5 Å². The van der Waals surface area contributed by atoms with Gasteiger partial charge in [0.15, 0.2) is 5.96 Å². The number of nitrogens with zero attached hydrogens (tertiary/aromatic N) is 2. The van der Waals surface area contributed by atoms with Crippen molar-refractivity contribution in [3.05, 3.63) is 0 Å². The molecule has 29 heavy (non-hydrogen) atoms. The van der Waals surface area contributed by atoms with E-state index in [0.29, 0.717) is 38.8 Å². The molecule has 172 valence electrons. The number of rotatable bonds is 10. The van der Waals surface area contributed by atoms with Gasteiger partial charge in [0.2, 0.25) is 0 Å². The van der Waals surface area contributed by atoms with E-state index in [4.69, 9.17) is 9.47 Å². The zero-order valence-electron chi connectivity index (χ0n) is 17.3. The summed E-state index contributed by atoms with van der Waals surface area (Å²) >= 11 is 0. The first-order valence-electron chi connectivity index (χ1n) is 10.5. The summed E-state index contributed by atoms with van der Waals surface area (Å²) in [6.07, 6.45) is 0.587. The summed E-state index contributed by atoms with van der Waals surface area (Å²) < 4.78 is 48.3. The Hall–Kier alpha value is -0.330. The molecule has 2 fully saturated rings. The lowest BCUT2D eigenvalue weighted by molar-refractivity contribution is -0.148. The van der Waals surface area contributed by atoms with Crippen LogP contribution in [0.4, 0.5) is 13.2 Å². The molecule has 0 amide bonds. The zero-order chi connectivity index (χ0) is 20.2. The SMILES string of the molecule is CCNC(=NCCCOC1CCOC1)NCCC1CCN(CC(F)(F)F)CC1.I. The largest absolute Gasteiger partial charge is 0.401 e. The first-order valence-corrected chi connectivity index (χ1v) is 10.5. The van der Waals surface area contributed by atoms with Gasteiger partial charge in [-0.05, 0) is 58.0 Å². The van der Waals surface area contributed by atoms with E-state index in [0.717, 1.165) is 57.8 Å². The summed E-state index contributed by atoms with van der Waals surface area (Å²) in [6.45, 7) is 6.74. The summed E-state index contributed by atoms with van der Waals surface area (Å²) in [5.41, 5.74) is 0. The first-order chi connectivity index (χ1) is 13.5. The number of nitrogens with one attached hydrogen (secondary N) is 2. The van der Waals surface area contributed by atoms with E-state index < -0.39 is 12.7 Å². The molecule has 0 aromatic carbocycles. The van der Waals surface area contributed by atoms with Crippen LogP contribution in [0.3, 0.4) is 0 Å². The second-order valence-electron chi connectivity index (χ2n) is 7.52. The van der Waals surface area contributed by atoms with Gasteiger partial charge in [-0.2, -0.15) is 13.2 Å². The van der Waals surface area contributed by atoms with Gasteiger partial charge in [-0.1, -0.05) is 0 Å². The van der Waals surface area contributed by atoms with Crippen LogP contribution in [-0.4, -0.2) is 82.2 Å². The van der Waals surface area contributed by atoms with Gasteiger partial charge in [-0.25, -0.2) is 0 Å². The number of piperidine rings is 1. The second kappa shape index (κ2) is 14.6. The quantitative estimate of drug-likeness (QED) is 0.195. The molecular weight excluding hydrogens is 500 g/mol. The van der Waals surface area contributed by atoms with Crippen LogP contribution in [0.25, 0.3) is 0 Å². The number of ether oxygens (including phenoxy) is 2. The lowest BCUT2D eigenvalue weighted by Crippen LogP contribution is -2.41. The molecule has 1 atom stereocenters. The highest BCUT2D eigenvalue weighted by Gasteiger charge is 2.32. The van der Waals surface area contributed by atoms with Crippen LogP contribution in [0, 0.1) is 5.92 Å². The molecule has 2 aliphatic heterocycles. The Morgan fingerprint density at radius 1 is 1.21 bits per heavy atom. The maximum atomic E-state index is 12.4. The van der Waals surface area contributed by atoms with Crippen molar-refractivity contribution in [3.63, 3.8) is 0 Å². The Morgan fingerprint density at radius 2 is 1.97 bits per heavy atom. The van der Waals surface area contributed by atoms with Gasteiger partial charge < -0.3 is 20.1 Å². The fourth-order valence-corrected chi connectivity index (χ4v) is 3.57. The number of alkyl halides is 3. The maximum absolute atomic E-state index is 12.4. The number of guanidine groups is 1. The molecule has 0 saturated carbocycles. The summed E-state index contributed by atoms with van der Waals surface area (Å²) in [7, 11) is 0. The highest BCUT2D eigenvalue weighted by atomic mass is 127. The minimum atomic E-state index is -4.10. The molecule has 6 nitrogen and oxygen atoms in total. The van der Waals surface area contributed by atoms with E-state index in [1.54, 1.807) is 0 Å². The predicted molar refractivity (Wildman–Crippen MR) is 119 cm³/mol. The van der Waals surface area contributed by atoms with Crippen molar-refractivity contribution in [1.29, 1.82) is 0 Å². The van der Waals surface area contributed by atoms with Crippen molar-refractivity contribution in [2.75, 3.05) is 59.1 Å². The van der Waals surface area contributed by atoms with Crippen LogP contribution in [0.5, 0.6) is 0 Å². The lowest BCUT2D eigenvalue weighted by atomic mass is 9.93. The fraction of sp³-hybridized carbons (Fsp3) is 0.947. The van der Waals surface area contributed by atoms with Gasteiger partial charge in [-0.3, -0.25) is 9.89 Å². The fourth-order valence-electron chi connectivity index (χ4n) is 3.57. The van der Waals surface area contributed by atoms with Crippen LogP contribution in [0.1, 0.15) is 39.0 Å². The molecule has 10 heteroatoms. The third-order valence-electron chi connectivity index (χ3n) is 5.11. The molecule has 2 saturated heterocycles. The van der Waals surface area contributed by atoms with Gasteiger partial charge in [0.05, 0.1) is 19.3 Å². The normalized spacial score (nSPS) is 21.8. The standard InChI is InChI=1S/C19H35F3N4O2.HI/c1-2-23-18(24-8-3-12-28-17-7-13-27-14-17)25-9-4-16-5-10-26(11-6-16)15-19(20,21)22;/h16-17H,2-15H2,1H3,(H2,23,24,25);1H. The van der Waals surface area contributed by atoms with Crippen LogP contribution in [-0.2, 0) is 9.47 Å². The van der Waals surface area contributed by atoms with E-state index in [1.807, 2.05) is 6.92 Å². The van der Waals surface area contributed by atoms with Crippen LogP contribution in [0.15, 0.2) is 4.99 Å². The average molecular weight is 536 g/mol. The highest BCUT2D eigenvalue weighted by molar-refractivity contribution is 14.0. The van der Waals surface area contributed by atoms with Crippen molar-refractivity contribution in [3.8, 4) is 0 Å². The molecule has 0 spiro atoms. The molecular formula is C19H36F3IN4O2. The Kier molecular flexibility index (Phi) is 13.5. The third kappa shape index (κ3) is 12.2. The number of hydrogen-bond donors (Lipinski definition) is 2. The third-order valence-corrected chi connectivity index (χ3v) is 5.11. The van der Waals surface area contributed by atoms with Gasteiger partial charge in [0.1, 0.15) is 0 Å². The summed E-state index contributed by atoms with van der Waals surface area (Å²) in [4.78, 5) is 6.07. The van der Waals surface area contributed by atoms with Crippen molar-refractivity contribution in [2.24, 2.45) is 10.9 Å². The number of aliphatic imine (C=N–C) groups is 1. The minimum Gasteiger partial charge on any atom is -0.379 e. The van der Waals surface area contributed by atoms with Crippen LogP contribution >= 0.6 is 24.0 Å². The molecule has 0 aromatic heterocycles. The van der Waals surface area contributed by atoms with E-state index in [1.165, 1.54) is 4.90 Å². The Labute approximate surface area is 189 Å². The van der Waals surface area contributed by atoms with E-state index in [-0.39, 0.29) is 30.1 Å². The summed E-state index contributed by atoms with van der Waals surface area (Å²) in [5, 5.41) is 6.56. The van der Waals surface area contributed by atoms with E-state index >= 15 is 0 Å². The number of likely N-dealkylation sites (tertiary alicyclic amines) is 1. The van der Waals surface area contributed by atoms with Crippen molar-refractivity contribution < 1.29 is 22.6 Å².